The Labute approximate surface area is 125 Å². The van der Waals surface area contributed by atoms with Gasteiger partial charge < -0.3 is 5.11 Å². The number of carboxylic acids is 1. The third-order valence-electron chi connectivity index (χ3n) is 3.41. The van der Waals surface area contributed by atoms with Crippen molar-refractivity contribution < 1.29 is 9.90 Å². The van der Waals surface area contributed by atoms with E-state index < -0.39 is 5.97 Å². The molecule has 0 aliphatic rings. The van der Waals surface area contributed by atoms with E-state index in [2.05, 4.69) is 27.8 Å². The Balaban J connectivity index is 1.99. The number of aromatic carboxylic acids is 1. The first-order chi connectivity index (χ1) is 10.2. The van der Waals surface area contributed by atoms with Crippen LogP contribution in [0.3, 0.4) is 0 Å². The molecule has 3 aromatic rings. The molecule has 0 radical (unpaired) electrons. The van der Waals surface area contributed by atoms with Gasteiger partial charge in [-0.2, -0.15) is 0 Å². The average molecular weight is 301 g/mol. The summed E-state index contributed by atoms with van der Waals surface area (Å²) in [5.74, 6) is -1.01. The van der Waals surface area contributed by atoms with E-state index in [1.54, 1.807) is 16.0 Å². The quantitative estimate of drug-likeness (QED) is 0.786. The van der Waals surface area contributed by atoms with Crippen molar-refractivity contribution in [2.45, 2.75) is 26.3 Å². The summed E-state index contributed by atoms with van der Waals surface area (Å²) in [6.45, 7) is 2.57. The van der Waals surface area contributed by atoms with Crippen LogP contribution in [0.2, 0.25) is 0 Å². The molecule has 0 fully saturated rings. The van der Waals surface area contributed by atoms with E-state index in [1.807, 2.05) is 19.1 Å². The molecule has 0 saturated heterocycles. The lowest BCUT2D eigenvalue weighted by Gasteiger charge is -2.05. The number of hydrogen-bond donors (Lipinski definition) is 1. The van der Waals surface area contributed by atoms with Crippen LogP contribution in [0.5, 0.6) is 0 Å². The molecule has 0 atom stereocenters. The summed E-state index contributed by atoms with van der Waals surface area (Å²) in [6.07, 6.45) is 1.52. The van der Waals surface area contributed by atoms with Crippen LogP contribution >= 0.6 is 11.3 Å². The van der Waals surface area contributed by atoms with Crippen molar-refractivity contribution in [2.24, 2.45) is 0 Å². The third kappa shape index (κ3) is 2.54. The summed E-state index contributed by atoms with van der Waals surface area (Å²) in [6, 6.07) is 8.19. The Morgan fingerprint density at radius 2 is 2.19 bits per heavy atom. The Kier molecular flexibility index (Phi) is 3.70. The molecule has 0 aliphatic heterocycles. The van der Waals surface area contributed by atoms with Gasteiger partial charge in [-0.05, 0) is 28.8 Å². The van der Waals surface area contributed by atoms with Crippen LogP contribution in [0, 0.1) is 0 Å². The summed E-state index contributed by atoms with van der Waals surface area (Å²) in [7, 11) is 0. The Hall–Kier alpha value is -2.21. The number of benzene rings is 1. The Morgan fingerprint density at radius 1 is 1.38 bits per heavy atom. The number of fused-ring (bicyclic) bond motifs is 1. The molecule has 0 bridgehead atoms. The molecule has 5 nitrogen and oxygen atoms in total. The van der Waals surface area contributed by atoms with E-state index in [0.29, 0.717) is 18.7 Å². The maximum Gasteiger partial charge on any atom is 0.358 e. The van der Waals surface area contributed by atoms with Crippen molar-refractivity contribution in [3.8, 4) is 0 Å². The highest BCUT2D eigenvalue weighted by Gasteiger charge is 2.18. The van der Waals surface area contributed by atoms with Crippen molar-refractivity contribution in [2.75, 3.05) is 0 Å². The van der Waals surface area contributed by atoms with Crippen molar-refractivity contribution in [3.05, 3.63) is 46.6 Å². The van der Waals surface area contributed by atoms with E-state index in [9.17, 15) is 9.90 Å². The molecule has 0 spiro atoms. The second kappa shape index (κ2) is 5.65. The molecular formula is C15H15N3O2S. The summed E-state index contributed by atoms with van der Waals surface area (Å²) >= 11 is 1.69. The highest BCUT2D eigenvalue weighted by molar-refractivity contribution is 7.17. The minimum absolute atomic E-state index is 0.0661. The van der Waals surface area contributed by atoms with Crippen molar-refractivity contribution in [3.63, 3.8) is 0 Å². The van der Waals surface area contributed by atoms with Gasteiger partial charge >= 0.3 is 5.97 Å². The molecule has 3 rings (SSSR count). The van der Waals surface area contributed by atoms with Gasteiger partial charge in [-0.3, -0.25) is 0 Å². The summed E-state index contributed by atoms with van der Waals surface area (Å²) in [5, 5.41) is 20.3. The van der Waals surface area contributed by atoms with E-state index in [4.69, 9.17) is 0 Å². The van der Waals surface area contributed by atoms with Gasteiger partial charge in [0.1, 0.15) is 0 Å². The van der Waals surface area contributed by atoms with Gasteiger partial charge in [0.05, 0.1) is 12.2 Å². The molecule has 2 aromatic heterocycles. The van der Waals surface area contributed by atoms with Crippen LogP contribution < -0.4 is 0 Å². The minimum Gasteiger partial charge on any atom is -0.476 e. The van der Waals surface area contributed by atoms with Gasteiger partial charge in [-0.25, -0.2) is 9.48 Å². The van der Waals surface area contributed by atoms with Gasteiger partial charge in [0.2, 0.25) is 0 Å². The fraction of sp³-hybridized carbons (Fsp3) is 0.267. The van der Waals surface area contributed by atoms with Crippen LogP contribution in [-0.2, 0) is 13.0 Å². The Morgan fingerprint density at radius 3 is 2.95 bits per heavy atom. The van der Waals surface area contributed by atoms with Crippen molar-refractivity contribution in [1.29, 1.82) is 0 Å². The lowest BCUT2D eigenvalue weighted by atomic mass is 10.1. The molecule has 2 heterocycles. The number of aromatic nitrogens is 3. The van der Waals surface area contributed by atoms with Crippen molar-refractivity contribution >= 4 is 27.4 Å². The van der Waals surface area contributed by atoms with Gasteiger partial charge in [0.15, 0.2) is 5.69 Å². The van der Waals surface area contributed by atoms with Crippen LogP contribution in [0.15, 0.2) is 29.6 Å². The molecule has 21 heavy (non-hydrogen) atoms. The topological polar surface area (TPSA) is 68.0 Å². The number of nitrogens with zero attached hydrogens (tertiary/aromatic N) is 3. The third-order valence-corrected chi connectivity index (χ3v) is 4.42. The fourth-order valence-corrected chi connectivity index (χ4v) is 3.38. The molecule has 0 unspecified atom stereocenters. The summed E-state index contributed by atoms with van der Waals surface area (Å²) in [4.78, 5) is 11.2. The number of rotatable bonds is 5. The van der Waals surface area contributed by atoms with Crippen LogP contribution in [-0.4, -0.2) is 26.1 Å². The smallest absolute Gasteiger partial charge is 0.358 e. The van der Waals surface area contributed by atoms with Crippen LogP contribution in [0.1, 0.15) is 35.1 Å². The zero-order chi connectivity index (χ0) is 14.8. The van der Waals surface area contributed by atoms with Gasteiger partial charge in [-0.1, -0.05) is 36.8 Å². The van der Waals surface area contributed by atoms with Gasteiger partial charge in [-0.15, -0.1) is 16.4 Å². The van der Waals surface area contributed by atoms with Crippen LogP contribution in [0.4, 0.5) is 0 Å². The normalized spacial score (nSPS) is 11.1. The van der Waals surface area contributed by atoms with E-state index in [1.165, 1.54) is 10.1 Å². The predicted octanol–water partition coefficient (Wildman–Crippen LogP) is 3.19. The van der Waals surface area contributed by atoms with E-state index in [0.717, 1.165) is 12.0 Å². The lowest BCUT2D eigenvalue weighted by molar-refractivity contribution is 0.0689. The fourth-order valence-electron chi connectivity index (χ4n) is 2.43. The highest BCUT2D eigenvalue weighted by atomic mass is 32.1. The zero-order valence-electron chi connectivity index (χ0n) is 11.6. The number of thiophene rings is 1. The van der Waals surface area contributed by atoms with Crippen LogP contribution in [0.25, 0.3) is 10.1 Å². The SMILES string of the molecule is CCCc1c(C(=O)O)nnn1Cc1csc2ccccc12. The molecule has 6 heteroatoms. The zero-order valence-corrected chi connectivity index (χ0v) is 12.4. The second-order valence-corrected chi connectivity index (χ2v) is 5.77. The maximum atomic E-state index is 11.2. The highest BCUT2D eigenvalue weighted by Crippen LogP contribution is 2.26. The molecule has 108 valence electrons. The molecule has 1 N–H and O–H groups in total. The molecule has 1 aromatic carbocycles. The largest absolute Gasteiger partial charge is 0.476 e. The molecule has 0 amide bonds. The predicted molar refractivity (Wildman–Crippen MR) is 81.9 cm³/mol. The minimum atomic E-state index is -1.01. The molecule has 0 aliphatic carbocycles. The van der Waals surface area contributed by atoms with Gasteiger partial charge in [0, 0.05) is 4.70 Å². The second-order valence-electron chi connectivity index (χ2n) is 4.85. The van der Waals surface area contributed by atoms with E-state index in [-0.39, 0.29) is 5.69 Å². The van der Waals surface area contributed by atoms with Gasteiger partial charge in [0.25, 0.3) is 0 Å². The van der Waals surface area contributed by atoms with E-state index >= 15 is 0 Å². The maximum absolute atomic E-state index is 11.2. The number of carboxylic acid groups (broad SMARTS) is 1. The molecule has 0 saturated carbocycles. The first-order valence-electron chi connectivity index (χ1n) is 6.81. The Bertz CT molecular complexity index is 791. The first-order valence-corrected chi connectivity index (χ1v) is 7.69. The number of carbonyl (C=O) groups is 1. The number of hydrogen-bond acceptors (Lipinski definition) is 4. The summed E-state index contributed by atoms with van der Waals surface area (Å²) < 4.78 is 2.93. The summed E-state index contributed by atoms with van der Waals surface area (Å²) in [5.41, 5.74) is 1.91. The molecular weight excluding hydrogens is 286 g/mol. The van der Waals surface area contributed by atoms with Crippen molar-refractivity contribution in [1.82, 2.24) is 15.0 Å². The first kappa shape index (κ1) is 13.8. The standard InChI is InChI=1S/C15H15N3O2S/c1-2-5-12-14(15(19)20)16-17-18(12)8-10-9-21-13-7-4-3-6-11(10)13/h3-4,6-7,9H,2,5,8H2,1H3,(H,19,20). The average Bonchev–Trinajstić information content (AvgIpc) is 3.06. The monoisotopic (exact) mass is 301 g/mol. The lowest BCUT2D eigenvalue weighted by Crippen LogP contribution is -2.09.